The zero-order valence-electron chi connectivity index (χ0n) is 17.0. The summed E-state index contributed by atoms with van der Waals surface area (Å²) >= 11 is 0. The molecule has 8 nitrogen and oxygen atoms in total. The fourth-order valence-corrected chi connectivity index (χ4v) is 3.11. The molecule has 3 rings (SSSR count). The van der Waals surface area contributed by atoms with Crippen LogP contribution in [0.1, 0.15) is 39.2 Å². The Morgan fingerprint density at radius 2 is 1.68 bits per heavy atom. The smallest absolute Gasteiger partial charge is 0.324 e. The molecule has 1 N–H and O–H groups in total. The number of aromatic nitrogens is 4. The number of carbonyl (C=O) groups excluding carboxylic acids is 1. The number of hydrogen-bond donors (Lipinski definition) is 1. The average Bonchev–Trinajstić information content (AvgIpc) is 3.11. The molecule has 2 heterocycles. The molecule has 0 aliphatic carbocycles. The van der Waals surface area contributed by atoms with Gasteiger partial charge in [-0.15, -0.1) is 0 Å². The second-order valence-electron chi connectivity index (χ2n) is 7.78. The van der Waals surface area contributed by atoms with Gasteiger partial charge in [0, 0.05) is 19.8 Å². The van der Waals surface area contributed by atoms with E-state index in [0.29, 0.717) is 11.6 Å². The van der Waals surface area contributed by atoms with Gasteiger partial charge >= 0.3 is 5.69 Å². The molecule has 0 aliphatic rings. The molecule has 0 saturated heterocycles. The molecule has 2 aromatic heterocycles. The third-order valence-electron chi connectivity index (χ3n) is 5.14. The van der Waals surface area contributed by atoms with Crippen LogP contribution < -0.4 is 16.6 Å². The van der Waals surface area contributed by atoms with Crippen LogP contribution in [0.5, 0.6) is 0 Å². The second kappa shape index (κ2) is 6.78. The van der Waals surface area contributed by atoms with Crippen molar-refractivity contribution in [3.63, 3.8) is 0 Å². The number of fused-ring (bicyclic) bond motifs is 1. The van der Waals surface area contributed by atoms with Crippen LogP contribution in [0.15, 0.2) is 40.2 Å². The lowest BCUT2D eigenvalue weighted by Gasteiger charge is -2.26. The molecule has 0 spiro atoms. The van der Waals surface area contributed by atoms with Crippen LogP contribution in [-0.4, -0.2) is 24.6 Å². The van der Waals surface area contributed by atoms with Crippen molar-refractivity contribution < 1.29 is 4.79 Å². The quantitative estimate of drug-likeness (QED) is 0.745. The Hall–Kier alpha value is -3.16. The molecule has 8 heteroatoms. The molecule has 28 heavy (non-hydrogen) atoms. The van der Waals surface area contributed by atoms with Crippen molar-refractivity contribution >= 4 is 22.8 Å². The minimum absolute atomic E-state index is 0.208. The molecule has 0 fully saturated rings. The molecule has 0 atom stereocenters. The van der Waals surface area contributed by atoms with E-state index in [-0.39, 0.29) is 17.1 Å². The molecule has 0 aliphatic heterocycles. The highest BCUT2D eigenvalue weighted by Crippen LogP contribution is 2.23. The molecule has 148 valence electrons. The fraction of sp³-hybridized carbons (Fsp3) is 0.400. The maximum Gasteiger partial charge on any atom is 0.332 e. The van der Waals surface area contributed by atoms with Gasteiger partial charge in [-0.2, -0.15) is 0 Å². The van der Waals surface area contributed by atoms with Crippen LogP contribution >= 0.6 is 0 Å². The molecule has 3 aromatic rings. The molecule has 1 amide bonds. The lowest BCUT2D eigenvalue weighted by atomic mass is 10.0. The number of amides is 1. The topological polar surface area (TPSA) is 90.9 Å². The van der Waals surface area contributed by atoms with Crippen LogP contribution in [0, 0.1) is 0 Å². The minimum atomic E-state index is -1.10. The van der Waals surface area contributed by atoms with E-state index >= 15 is 0 Å². The number of benzene rings is 1. The van der Waals surface area contributed by atoms with Crippen molar-refractivity contribution in [3.05, 3.63) is 57.0 Å². The van der Waals surface area contributed by atoms with Crippen molar-refractivity contribution in [1.82, 2.24) is 18.7 Å². The number of carbonyl (C=O) groups is 1. The lowest BCUT2D eigenvalue weighted by Crippen LogP contribution is -2.43. The van der Waals surface area contributed by atoms with Crippen LogP contribution in [-0.2, 0) is 24.4 Å². The van der Waals surface area contributed by atoms with E-state index in [1.165, 1.54) is 28.1 Å². The third-order valence-corrected chi connectivity index (χ3v) is 5.14. The lowest BCUT2D eigenvalue weighted by molar-refractivity contribution is -0.122. The second-order valence-corrected chi connectivity index (χ2v) is 7.78. The van der Waals surface area contributed by atoms with Crippen LogP contribution in [0.4, 0.5) is 5.69 Å². The number of nitrogens with one attached hydrogen (secondary N) is 1. The summed E-state index contributed by atoms with van der Waals surface area (Å²) in [7, 11) is 2.95. The van der Waals surface area contributed by atoms with E-state index in [0.717, 1.165) is 4.57 Å². The van der Waals surface area contributed by atoms with Gasteiger partial charge in [0.2, 0.25) is 5.91 Å². The van der Waals surface area contributed by atoms with E-state index in [9.17, 15) is 14.4 Å². The Morgan fingerprint density at radius 3 is 2.25 bits per heavy atom. The molecule has 1 aromatic carbocycles. The Morgan fingerprint density at radius 1 is 1.07 bits per heavy atom. The molecule has 0 saturated carbocycles. The molecule has 0 radical (unpaired) electrons. The van der Waals surface area contributed by atoms with Crippen molar-refractivity contribution in [1.29, 1.82) is 0 Å². The standard InChI is InChI=1S/C20H25N5O3/c1-12(2)13-7-9-14(10-8-13)22-18(27)20(3,4)25-11-21-16-15(25)17(26)24(6)19(28)23(16)5/h7-12H,1-6H3,(H,22,27). The number of anilines is 1. The molecule has 0 bridgehead atoms. The summed E-state index contributed by atoms with van der Waals surface area (Å²) in [5.41, 5.74) is 0.257. The van der Waals surface area contributed by atoms with Gasteiger partial charge < -0.3 is 9.88 Å². The van der Waals surface area contributed by atoms with Gasteiger partial charge in [0.25, 0.3) is 5.56 Å². The monoisotopic (exact) mass is 383 g/mol. The fourth-order valence-electron chi connectivity index (χ4n) is 3.11. The summed E-state index contributed by atoms with van der Waals surface area (Å²) < 4.78 is 3.83. The first kappa shape index (κ1) is 19.6. The average molecular weight is 383 g/mol. The van der Waals surface area contributed by atoms with Gasteiger partial charge in [-0.1, -0.05) is 26.0 Å². The maximum absolute atomic E-state index is 13.0. The number of rotatable bonds is 4. The van der Waals surface area contributed by atoms with Gasteiger partial charge in [-0.3, -0.25) is 18.7 Å². The highest BCUT2D eigenvalue weighted by Gasteiger charge is 2.33. The summed E-state index contributed by atoms with van der Waals surface area (Å²) in [6, 6.07) is 7.67. The molecular formula is C20H25N5O3. The summed E-state index contributed by atoms with van der Waals surface area (Å²) in [6.07, 6.45) is 1.42. The highest BCUT2D eigenvalue weighted by molar-refractivity contribution is 5.97. The van der Waals surface area contributed by atoms with Gasteiger partial charge in [-0.25, -0.2) is 9.78 Å². The van der Waals surface area contributed by atoms with Crippen LogP contribution in [0.3, 0.4) is 0 Å². The predicted octanol–water partition coefficient (Wildman–Crippen LogP) is 1.93. The van der Waals surface area contributed by atoms with Gasteiger partial charge in [0.15, 0.2) is 11.2 Å². The van der Waals surface area contributed by atoms with Crippen molar-refractivity contribution in [2.75, 3.05) is 5.32 Å². The zero-order chi connectivity index (χ0) is 20.8. The Kier molecular flexibility index (Phi) is 4.74. The van der Waals surface area contributed by atoms with E-state index in [1.807, 2.05) is 24.3 Å². The van der Waals surface area contributed by atoms with Crippen LogP contribution in [0.2, 0.25) is 0 Å². The van der Waals surface area contributed by atoms with E-state index in [1.54, 1.807) is 20.9 Å². The number of imidazole rings is 1. The van der Waals surface area contributed by atoms with Crippen molar-refractivity contribution in [2.45, 2.75) is 39.2 Å². The van der Waals surface area contributed by atoms with E-state index in [4.69, 9.17) is 0 Å². The summed E-state index contributed by atoms with van der Waals surface area (Å²) in [5.74, 6) is 0.112. The largest absolute Gasteiger partial charge is 0.332 e. The Balaban J connectivity index is 2.02. The molecule has 0 unspecified atom stereocenters. The van der Waals surface area contributed by atoms with E-state index < -0.39 is 16.8 Å². The first-order chi connectivity index (χ1) is 13.1. The zero-order valence-corrected chi connectivity index (χ0v) is 17.0. The van der Waals surface area contributed by atoms with Gasteiger partial charge in [-0.05, 0) is 37.5 Å². The van der Waals surface area contributed by atoms with Gasteiger partial charge in [0.1, 0.15) is 5.54 Å². The first-order valence-electron chi connectivity index (χ1n) is 9.10. The number of aryl methyl sites for hydroxylation is 1. The number of nitrogens with zero attached hydrogens (tertiary/aromatic N) is 4. The van der Waals surface area contributed by atoms with E-state index in [2.05, 4.69) is 24.1 Å². The van der Waals surface area contributed by atoms with Gasteiger partial charge in [0.05, 0.1) is 6.33 Å². The number of hydrogen-bond acceptors (Lipinski definition) is 4. The summed E-state index contributed by atoms with van der Waals surface area (Å²) in [4.78, 5) is 42.0. The summed E-state index contributed by atoms with van der Waals surface area (Å²) in [6.45, 7) is 7.62. The summed E-state index contributed by atoms with van der Waals surface area (Å²) in [5, 5.41) is 2.90. The van der Waals surface area contributed by atoms with Crippen molar-refractivity contribution in [2.24, 2.45) is 14.1 Å². The third kappa shape index (κ3) is 3.04. The predicted molar refractivity (Wildman–Crippen MR) is 109 cm³/mol. The highest BCUT2D eigenvalue weighted by atomic mass is 16.2. The minimum Gasteiger partial charge on any atom is -0.324 e. The normalized spacial score (nSPS) is 12.0. The van der Waals surface area contributed by atoms with Crippen LogP contribution in [0.25, 0.3) is 11.2 Å². The SMILES string of the molecule is CC(C)c1ccc(NC(=O)C(C)(C)n2cnc3c2c(=O)n(C)c(=O)n3C)cc1. The Labute approximate surface area is 162 Å². The Bertz CT molecular complexity index is 1160. The maximum atomic E-state index is 13.0. The first-order valence-corrected chi connectivity index (χ1v) is 9.10. The molecular weight excluding hydrogens is 358 g/mol. The van der Waals surface area contributed by atoms with Crippen molar-refractivity contribution in [3.8, 4) is 0 Å².